The van der Waals surface area contributed by atoms with Crippen molar-refractivity contribution >= 4 is 0 Å². The monoisotopic (exact) mass is 288 g/mol. The predicted molar refractivity (Wildman–Crippen MR) is 86.2 cm³/mol. The molecule has 1 unspecified atom stereocenters. The van der Waals surface area contributed by atoms with E-state index in [0.29, 0.717) is 5.41 Å². The molecule has 0 aliphatic carbocycles. The molecule has 0 aromatic heterocycles. The number of rotatable bonds is 0. The van der Waals surface area contributed by atoms with Gasteiger partial charge in [0.25, 0.3) is 0 Å². The molecule has 0 saturated carbocycles. The lowest BCUT2D eigenvalue weighted by molar-refractivity contribution is -0.127. The van der Waals surface area contributed by atoms with Gasteiger partial charge in [0, 0.05) is 18.5 Å². The number of ether oxygens (including phenoxy) is 1. The fraction of sp³-hybridized carbons (Fsp3) is 1.00. The van der Waals surface area contributed by atoms with E-state index in [1.807, 2.05) is 34.7 Å². The number of likely N-dealkylation sites (N-methyl/N-ethyl adjacent to an activating group) is 1. The number of hydrogen-bond acceptors (Lipinski definition) is 4. The highest BCUT2D eigenvalue weighted by Crippen LogP contribution is 2.35. The lowest BCUT2D eigenvalue weighted by atomic mass is 9.77. The van der Waals surface area contributed by atoms with Crippen LogP contribution in [0.5, 0.6) is 0 Å². The summed E-state index contributed by atoms with van der Waals surface area (Å²) in [6, 6.07) is 0. The van der Waals surface area contributed by atoms with Gasteiger partial charge in [-0.15, -0.1) is 0 Å². The number of likely N-dealkylation sites (tertiary alicyclic amines) is 1. The van der Waals surface area contributed by atoms with Crippen LogP contribution < -0.4 is 5.32 Å². The summed E-state index contributed by atoms with van der Waals surface area (Å²) in [6.45, 7) is 14.4. The molecule has 0 aromatic rings. The maximum absolute atomic E-state index is 8.86. The van der Waals surface area contributed by atoms with Gasteiger partial charge in [-0.25, -0.2) is 0 Å². The molecule has 4 nitrogen and oxygen atoms in total. The quantitative estimate of drug-likeness (QED) is 0.717. The van der Waals surface area contributed by atoms with Crippen molar-refractivity contribution in [2.45, 2.75) is 53.1 Å². The second kappa shape index (κ2) is 11.5. The molecule has 3 heterocycles. The summed E-state index contributed by atoms with van der Waals surface area (Å²) in [5, 5.41) is 12.2. The van der Waals surface area contributed by atoms with Gasteiger partial charge >= 0.3 is 0 Å². The van der Waals surface area contributed by atoms with Crippen molar-refractivity contribution in [2.24, 2.45) is 5.41 Å². The molecule has 2 N–H and O–H groups in total. The maximum atomic E-state index is 8.86. The minimum atomic E-state index is -0.0509. The average molecular weight is 288 g/mol. The Balaban J connectivity index is 0.000000296. The van der Waals surface area contributed by atoms with E-state index in [4.69, 9.17) is 9.84 Å². The van der Waals surface area contributed by atoms with Crippen LogP contribution in [0, 0.1) is 5.41 Å². The van der Waals surface area contributed by atoms with Crippen LogP contribution in [-0.4, -0.2) is 62.6 Å². The van der Waals surface area contributed by atoms with Crippen molar-refractivity contribution in [1.29, 1.82) is 0 Å². The zero-order chi connectivity index (χ0) is 15.4. The Morgan fingerprint density at radius 1 is 1.10 bits per heavy atom. The molecule has 0 amide bonds. The van der Waals surface area contributed by atoms with E-state index in [-0.39, 0.29) is 6.10 Å². The normalized spacial score (nSPS) is 27.0. The van der Waals surface area contributed by atoms with Gasteiger partial charge in [0.2, 0.25) is 0 Å². The van der Waals surface area contributed by atoms with E-state index in [1.54, 1.807) is 0 Å². The summed E-state index contributed by atoms with van der Waals surface area (Å²) < 4.78 is 5.19. The largest absolute Gasteiger partial charge is 0.392 e. The first-order valence-electron chi connectivity index (χ1n) is 8.35. The Morgan fingerprint density at radius 2 is 1.65 bits per heavy atom. The molecule has 1 spiro atoms. The molecule has 0 radical (unpaired) electrons. The summed E-state index contributed by atoms with van der Waals surface area (Å²) in [5.41, 5.74) is 0.616. The molecular weight excluding hydrogens is 252 g/mol. The molecule has 3 aliphatic rings. The first-order chi connectivity index (χ1) is 9.70. The number of nitrogens with zero attached hydrogens (tertiary/aromatic N) is 1. The molecule has 3 saturated heterocycles. The number of aliphatic hydroxyl groups excluding tert-OH is 1. The van der Waals surface area contributed by atoms with Crippen molar-refractivity contribution in [3.63, 3.8) is 0 Å². The average Bonchev–Trinajstić information content (AvgIpc) is 2.87. The van der Waals surface area contributed by atoms with E-state index >= 15 is 0 Å². The van der Waals surface area contributed by atoms with Gasteiger partial charge in [-0.1, -0.05) is 27.7 Å². The van der Waals surface area contributed by atoms with Gasteiger partial charge in [-0.05, 0) is 39.4 Å². The fourth-order valence-electron chi connectivity index (χ4n) is 2.55. The Morgan fingerprint density at radius 3 is 1.85 bits per heavy atom. The lowest BCUT2D eigenvalue weighted by Gasteiger charge is -2.44. The Kier molecular flexibility index (Phi) is 11.4. The van der Waals surface area contributed by atoms with Gasteiger partial charge in [0.1, 0.15) is 0 Å². The number of nitrogens with one attached hydrogen (secondary N) is 1. The molecule has 0 bridgehead atoms. The lowest BCUT2D eigenvalue weighted by Crippen LogP contribution is -2.49. The minimum absolute atomic E-state index is 0.0509. The Labute approximate surface area is 125 Å². The second-order valence-corrected chi connectivity index (χ2v) is 5.45. The summed E-state index contributed by atoms with van der Waals surface area (Å²) in [5.74, 6) is 0. The molecule has 3 aliphatic heterocycles. The number of hydrogen-bond donors (Lipinski definition) is 2. The van der Waals surface area contributed by atoms with Gasteiger partial charge in [-0.3, -0.25) is 0 Å². The third-order valence-corrected chi connectivity index (χ3v) is 3.85. The SMILES string of the molecule is C1CC2(CCN1)COC2.CC.CC.CN1CCC(O)C1. The zero-order valence-corrected chi connectivity index (χ0v) is 14.2. The second-order valence-electron chi connectivity index (χ2n) is 5.45. The van der Waals surface area contributed by atoms with E-state index in [2.05, 4.69) is 10.2 Å². The van der Waals surface area contributed by atoms with E-state index < -0.39 is 0 Å². The van der Waals surface area contributed by atoms with Crippen molar-refractivity contribution in [2.75, 3.05) is 46.4 Å². The highest BCUT2D eigenvalue weighted by Gasteiger charge is 2.38. The van der Waals surface area contributed by atoms with Crippen molar-refractivity contribution in [3.05, 3.63) is 0 Å². The van der Waals surface area contributed by atoms with Gasteiger partial charge in [-0.2, -0.15) is 0 Å². The highest BCUT2D eigenvalue weighted by atomic mass is 16.5. The van der Waals surface area contributed by atoms with Gasteiger partial charge in [0.05, 0.1) is 19.3 Å². The highest BCUT2D eigenvalue weighted by molar-refractivity contribution is 4.89. The maximum Gasteiger partial charge on any atom is 0.0679 e. The number of β-amino-alcohol motifs (C(OH)–C–C–N with tert-alkyl or cyclic N) is 1. The predicted octanol–water partition coefficient (Wildman–Crippen LogP) is 2.12. The zero-order valence-electron chi connectivity index (χ0n) is 14.2. The first-order valence-corrected chi connectivity index (χ1v) is 8.35. The molecular formula is C16H36N2O2. The van der Waals surface area contributed by atoms with Crippen LogP contribution >= 0.6 is 0 Å². The molecule has 3 fully saturated rings. The minimum Gasteiger partial charge on any atom is -0.392 e. The third kappa shape index (κ3) is 7.02. The van der Waals surface area contributed by atoms with Crippen molar-refractivity contribution in [1.82, 2.24) is 10.2 Å². The van der Waals surface area contributed by atoms with Crippen molar-refractivity contribution in [3.8, 4) is 0 Å². The number of aliphatic hydroxyl groups is 1. The first kappa shape index (κ1) is 19.8. The van der Waals surface area contributed by atoms with Crippen LogP contribution in [0.15, 0.2) is 0 Å². The molecule has 4 heteroatoms. The van der Waals surface area contributed by atoms with Gasteiger partial charge in [0.15, 0.2) is 0 Å². The topological polar surface area (TPSA) is 44.7 Å². The summed E-state index contributed by atoms with van der Waals surface area (Å²) in [7, 11) is 2.02. The van der Waals surface area contributed by atoms with Crippen LogP contribution in [0.25, 0.3) is 0 Å². The Bertz CT molecular complexity index is 205. The summed E-state index contributed by atoms with van der Waals surface area (Å²) in [6.07, 6.45) is 3.56. The van der Waals surface area contributed by atoms with Crippen LogP contribution in [0.1, 0.15) is 47.0 Å². The van der Waals surface area contributed by atoms with Crippen LogP contribution in [0.4, 0.5) is 0 Å². The van der Waals surface area contributed by atoms with E-state index in [1.165, 1.54) is 25.9 Å². The van der Waals surface area contributed by atoms with E-state index in [9.17, 15) is 0 Å². The fourth-order valence-corrected chi connectivity index (χ4v) is 2.55. The molecule has 20 heavy (non-hydrogen) atoms. The van der Waals surface area contributed by atoms with Crippen LogP contribution in [0.3, 0.4) is 0 Å². The van der Waals surface area contributed by atoms with Gasteiger partial charge < -0.3 is 20.1 Å². The van der Waals surface area contributed by atoms with E-state index in [0.717, 1.165) is 32.7 Å². The molecule has 122 valence electrons. The smallest absolute Gasteiger partial charge is 0.0679 e. The standard InChI is InChI=1S/C7H13NO.C5H11NO.2C2H6/c1-3-8-4-2-7(1)5-9-6-7;1-6-3-2-5(7)4-6;2*1-2/h8H,1-6H2;5,7H,2-4H2,1H3;2*1-2H3. The van der Waals surface area contributed by atoms with Crippen LogP contribution in [-0.2, 0) is 4.74 Å². The third-order valence-electron chi connectivity index (χ3n) is 3.85. The number of piperidine rings is 1. The summed E-state index contributed by atoms with van der Waals surface area (Å²) >= 11 is 0. The van der Waals surface area contributed by atoms with Crippen LogP contribution in [0.2, 0.25) is 0 Å². The summed E-state index contributed by atoms with van der Waals surface area (Å²) in [4.78, 5) is 2.13. The Hall–Kier alpha value is -0.160. The van der Waals surface area contributed by atoms with Crippen molar-refractivity contribution < 1.29 is 9.84 Å². The molecule has 3 rings (SSSR count). The molecule has 1 atom stereocenters. The molecule has 0 aromatic carbocycles.